The number of carbonyl (C=O) groups is 1. The van der Waals surface area contributed by atoms with E-state index >= 15 is 0 Å². The van der Waals surface area contributed by atoms with Crippen molar-refractivity contribution in [2.24, 2.45) is 5.92 Å². The number of H-pyrrole nitrogens is 1. The highest BCUT2D eigenvalue weighted by Crippen LogP contribution is 2.47. The van der Waals surface area contributed by atoms with Gasteiger partial charge >= 0.3 is 0 Å². The maximum absolute atomic E-state index is 13.0. The van der Waals surface area contributed by atoms with E-state index in [0.717, 1.165) is 12.0 Å². The van der Waals surface area contributed by atoms with Crippen molar-refractivity contribution < 1.29 is 9.18 Å². The Balaban J connectivity index is 1.33. The zero-order valence-electron chi connectivity index (χ0n) is 13.3. The molecule has 4 rings (SSSR count). The summed E-state index contributed by atoms with van der Waals surface area (Å²) < 4.78 is 13.0. The molecule has 1 amide bonds. The van der Waals surface area contributed by atoms with Crippen LogP contribution in [-0.4, -0.2) is 26.1 Å². The van der Waals surface area contributed by atoms with Crippen LogP contribution in [0.3, 0.4) is 0 Å². The molecule has 0 unspecified atom stereocenters. The van der Waals surface area contributed by atoms with E-state index in [1.54, 1.807) is 18.3 Å². The molecular formula is C18H16FN5O. The number of aromatic nitrogens is 4. The highest BCUT2D eigenvalue weighted by atomic mass is 19.1. The first-order valence-electron chi connectivity index (χ1n) is 8.05. The zero-order chi connectivity index (χ0) is 17.2. The van der Waals surface area contributed by atoms with Crippen LogP contribution in [0.5, 0.6) is 0 Å². The predicted octanol–water partition coefficient (Wildman–Crippen LogP) is 2.43. The predicted molar refractivity (Wildman–Crippen MR) is 88.7 cm³/mol. The Hall–Kier alpha value is -3.09. The van der Waals surface area contributed by atoms with Gasteiger partial charge in [-0.2, -0.15) is 5.10 Å². The van der Waals surface area contributed by atoms with Gasteiger partial charge in [0, 0.05) is 23.9 Å². The Morgan fingerprint density at radius 2 is 2.12 bits per heavy atom. The molecule has 1 saturated carbocycles. The number of hydrogen-bond acceptors (Lipinski definition) is 4. The van der Waals surface area contributed by atoms with Gasteiger partial charge in [0.05, 0.1) is 6.54 Å². The van der Waals surface area contributed by atoms with Gasteiger partial charge in [0.15, 0.2) is 5.82 Å². The molecule has 1 aliphatic carbocycles. The highest BCUT2D eigenvalue weighted by molar-refractivity contribution is 5.82. The van der Waals surface area contributed by atoms with Crippen LogP contribution in [0.25, 0.3) is 11.4 Å². The lowest BCUT2D eigenvalue weighted by molar-refractivity contribution is -0.122. The molecule has 2 aromatic heterocycles. The number of nitrogens with zero attached hydrogens (tertiary/aromatic N) is 3. The maximum Gasteiger partial charge on any atom is 0.224 e. The average molecular weight is 337 g/mol. The van der Waals surface area contributed by atoms with Crippen LogP contribution < -0.4 is 5.32 Å². The summed E-state index contributed by atoms with van der Waals surface area (Å²) in [5.41, 5.74) is 1.81. The van der Waals surface area contributed by atoms with Crippen LogP contribution in [0.2, 0.25) is 0 Å². The quantitative estimate of drug-likeness (QED) is 0.749. The van der Waals surface area contributed by atoms with Gasteiger partial charge < -0.3 is 5.32 Å². The molecule has 6 nitrogen and oxygen atoms in total. The van der Waals surface area contributed by atoms with Gasteiger partial charge in [-0.05, 0) is 48.2 Å². The van der Waals surface area contributed by atoms with Crippen LogP contribution >= 0.6 is 0 Å². The summed E-state index contributed by atoms with van der Waals surface area (Å²) >= 11 is 0. The first kappa shape index (κ1) is 15.4. The molecule has 7 heteroatoms. The molecule has 0 aliphatic heterocycles. The van der Waals surface area contributed by atoms with Crippen molar-refractivity contribution in [3.63, 3.8) is 0 Å². The topological polar surface area (TPSA) is 83.6 Å². The molecule has 126 valence electrons. The summed E-state index contributed by atoms with van der Waals surface area (Å²) in [6.07, 6.45) is 4.38. The van der Waals surface area contributed by atoms with Gasteiger partial charge in [0.1, 0.15) is 11.6 Å². The van der Waals surface area contributed by atoms with Crippen molar-refractivity contribution in [3.8, 4) is 11.4 Å². The van der Waals surface area contributed by atoms with Crippen molar-refractivity contribution in [1.82, 2.24) is 25.5 Å². The number of nitrogens with one attached hydrogen (secondary N) is 2. The third-order valence-electron chi connectivity index (χ3n) is 4.30. The summed E-state index contributed by atoms with van der Waals surface area (Å²) in [5.74, 6) is 0.977. The van der Waals surface area contributed by atoms with Gasteiger partial charge in [-0.25, -0.2) is 9.37 Å². The molecule has 0 spiro atoms. The molecule has 2 atom stereocenters. The van der Waals surface area contributed by atoms with Gasteiger partial charge in [-0.1, -0.05) is 6.07 Å². The van der Waals surface area contributed by atoms with Gasteiger partial charge in [0.25, 0.3) is 0 Å². The Morgan fingerprint density at radius 1 is 1.28 bits per heavy atom. The lowest BCUT2D eigenvalue weighted by Crippen LogP contribution is -2.25. The second-order valence-electron chi connectivity index (χ2n) is 6.07. The summed E-state index contributed by atoms with van der Waals surface area (Å²) in [5, 5.41) is 9.78. The van der Waals surface area contributed by atoms with Crippen LogP contribution in [-0.2, 0) is 11.3 Å². The van der Waals surface area contributed by atoms with E-state index in [4.69, 9.17) is 0 Å². The number of pyridine rings is 1. The largest absolute Gasteiger partial charge is 0.349 e. The molecule has 0 saturated heterocycles. The fourth-order valence-electron chi connectivity index (χ4n) is 2.85. The first-order chi connectivity index (χ1) is 12.2. The Labute approximate surface area is 143 Å². The van der Waals surface area contributed by atoms with E-state index in [0.29, 0.717) is 17.2 Å². The molecule has 1 aliphatic rings. The van der Waals surface area contributed by atoms with Crippen molar-refractivity contribution in [3.05, 3.63) is 66.0 Å². The lowest BCUT2D eigenvalue weighted by Gasteiger charge is -2.02. The van der Waals surface area contributed by atoms with Crippen molar-refractivity contribution >= 4 is 5.91 Å². The third-order valence-corrected chi connectivity index (χ3v) is 4.30. The highest BCUT2D eigenvalue weighted by Gasteiger charge is 2.43. The molecule has 1 fully saturated rings. The number of carbonyl (C=O) groups excluding carboxylic acids is 1. The fourth-order valence-corrected chi connectivity index (χ4v) is 2.85. The summed E-state index contributed by atoms with van der Waals surface area (Å²) in [6, 6.07) is 9.83. The van der Waals surface area contributed by atoms with E-state index in [1.165, 1.54) is 12.1 Å². The fraction of sp³-hybridized carbons (Fsp3) is 0.222. The number of amides is 1. The SMILES string of the molecule is O=C(NCc1nc(-c2ccc(F)cc2)n[nH]1)[C@@H]1C[C@@H]1c1cccnc1. The summed E-state index contributed by atoms with van der Waals surface area (Å²) in [4.78, 5) is 20.7. The number of hydrogen-bond donors (Lipinski definition) is 2. The van der Waals surface area contributed by atoms with Gasteiger partial charge in [-0.15, -0.1) is 0 Å². The molecule has 3 aromatic rings. The summed E-state index contributed by atoms with van der Waals surface area (Å²) in [6.45, 7) is 0.281. The number of aromatic amines is 1. The number of rotatable bonds is 5. The van der Waals surface area contributed by atoms with E-state index in [2.05, 4.69) is 25.5 Å². The van der Waals surface area contributed by atoms with Crippen molar-refractivity contribution in [1.29, 1.82) is 0 Å². The van der Waals surface area contributed by atoms with Gasteiger partial charge in [0.2, 0.25) is 5.91 Å². The Kier molecular flexibility index (Phi) is 3.97. The smallest absolute Gasteiger partial charge is 0.224 e. The minimum absolute atomic E-state index is 0.00795. The molecular weight excluding hydrogens is 321 g/mol. The minimum Gasteiger partial charge on any atom is -0.349 e. The standard InChI is InChI=1S/C18H16FN5O/c19-13-5-3-11(4-6-13)17-22-16(23-24-17)10-21-18(25)15-8-14(15)12-2-1-7-20-9-12/h1-7,9,14-15H,8,10H2,(H,21,25)(H,22,23,24)/t14-,15-/m1/s1. The monoisotopic (exact) mass is 337 g/mol. The van der Waals surface area contributed by atoms with Crippen LogP contribution in [0.4, 0.5) is 4.39 Å². The van der Waals surface area contributed by atoms with Crippen molar-refractivity contribution in [2.45, 2.75) is 18.9 Å². The maximum atomic E-state index is 13.0. The average Bonchev–Trinajstić information content (AvgIpc) is 3.32. The molecule has 2 heterocycles. The molecule has 25 heavy (non-hydrogen) atoms. The Bertz CT molecular complexity index is 878. The molecule has 0 bridgehead atoms. The van der Waals surface area contributed by atoms with E-state index in [9.17, 15) is 9.18 Å². The van der Waals surface area contributed by atoms with E-state index < -0.39 is 0 Å². The molecule has 1 aromatic carbocycles. The number of benzene rings is 1. The molecule has 2 N–H and O–H groups in total. The van der Waals surface area contributed by atoms with E-state index in [-0.39, 0.29) is 30.1 Å². The third kappa shape index (κ3) is 3.40. The lowest BCUT2D eigenvalue weighted by atomic mass is 10.1. The minimum atomic E-state index is -0.306. The second-order valence-corrected chi connectivity index (χ2v) is 6.07. The first-order valence-corrected chi connectivity index (χ1v) is 8.05. The van der Waals surface area contributed by atoms with E-state index in [1.807, 2.05) is 18.3 Å². The van der Waals surface area contributed by atoms with Crippen LogP contribution in [0, 0.1) is 11.7 Å². The zero-order valence-corrected chi connectivity index (χ0v) is 13.3. The summed E-state index contributed by atoms with van der Waals surface area (Å²) in [7, 11) is 0. The van der Waals surface area contributed by atoms with Crippen LogP contribution in [0.1, 0.15) is 23.7 Å². The normalized spacial score (nSPS) is 18.8. The van der Waals surface area contributed by atoms with Crippen molar-refractivity contribution in [2.75, 3.05) is 0 Å². The molecule has 0 radical (unpaired) electrons. The number of halogens is 1. The van der Waals surface area contributed by atoms with Gasteiger partial charge in [-0.3, -0.25) is 14.9 Å². The Morgan fingerprint density at radius 3 is 2.88 bits per heavy atom. The second kappa shape index (κ2) is 6.43. The van der Waals surface area contributed by atoms with Crippen LogP contribution in [0.15, 0.2) is 48.8 Å².